The highest BCUT2D eigenvalue weighted by Crippen LogP contribution is 2.33. The summed E-state index contributed by atoms with van der Waals surface area (Å²) in [6, 6.07) is 3.94. The van der Waals surface area contributed by atoms with Gasteiger partial charge in [-0.25, -0.2) is 0 Å². The predicted molar refractivity (Wildman–Crippen MR) is 70.2 cm³/mol. The Morgan fingerprint density at radius 2 is 2.22 bits per heavy atom. The molecule has 0 unspecified atom stereocenters. The van der Waals surface area contributed by atoms with Crippen molar-refractivity contribution in [1.82, 2.24) is 4.90 Å². The Kier molecular flexibility index (Phi) is 3.27. The number of piperidine rings is 1. The molecule has 4 heteroatoms. The van der Waals surface area contributed by atoms with Crippen molar-refractivity contribution in [2.75, 3.05) is 19.7 Å². The molecule has 0 saturated carbocycles. The summed E-state index contributed by atoms with van der Waals surface area (Å²) in [5, 5.41) is 0.762. The maximum atomic E-state index is 11.5. The Morgan fingerprint density at radius 3 is 3.06 bits per heavy atom. The molecule has 0 bridgehead atoms. The molecular weight excluding hydrogens is 250 g/mol. The van der Waals surface area contributed by atoms with Gasteiger partial charge in [-0.15, -0.1) is 0 Å². The molecule has 2 aliphatic heterocycles. The lowest BCUT2D eigenvalue weighted by atomic mass is 10.1. The van der Waals surface area contributed by atoms with Crippen LogP contribution in [-0.2, 0) is 17.8 Å². The molecule has 0 radical (unpaired) electrons. The molecule has 0 aliphatic carbocycles. The maximum absolute atomic E-state index is 11.5. The normalized spacial score (nSPS) is 19.7. The Balaban J connectivity index is 1.82. The van der Waals surface area contributed by atoms with Crippen LogP contribution in [0.1, 0.15) is 24.0 Å². The first-order valence-corrected chi connectivity index (χ1v) is 6.78. The fourth-order valence-corrected chi connectivity index (χ4v) is 3.01. The highest BCUT2D eigenvalue weighted by atomic mass is 35.5. The van der Waals surface area contributed by atoms with Crippen molar-refractivity contribution in [3.05, 3.63) is 28.3 Å². The summed E-state index contributed by atoms with van der Waals surface area (Å²) in [4.78, 5) is 13.6. The summed E-state index contributed by atoms with van der Waals surface area (Å²) in [7, 11) is 0. The van der Waals surface area contributed by atoms with Crippen LogP contribution < -0.4 is 4.74 Å². The number of likely N-dealkylation sites (tertiary alicyclic amines) is 1. The maximum Gasteiger partial charge on any atom is 0.146 e. The van der Waals surface area contributed by atoms with Crippen LogP contribution in [0.2, 0.25) is 5.02 Å². The van der Waals surface area contributed by atoms with Crippen LogP contribution in [0, 0.1) is 0 Å². The molecule has 1 saturated heterocycles. The van der Waals surface area contributed by atoms with Gasteiger partial charge in [-0.1, -0.05) is 11.6 Å². The number of Topliss-reactive ketones (excluding diaryl/α,β-unsaturated/α-hetero) is 1. The first kappa shape index (κ1) is 12.0. The molecule has 0 N–H and O–H groups in total. The van der Waals surface area contributed by atoms with Gasteiger partial charge in [0.1, 0.15) is 11.5 Å². The van der Waals surface area contributed by atoms with Gasteiger partial charge >= 0.3 is 0 Å². The molecule has 2 aliphatic rings. The number of ketones is 1. The fraction of sp³-hybridized carbons (Fsp3) is 0.500. The van der Waals surface area contributed by atoms with Gasteiger partial charge in [-0.2, -0.15) is 0 Å². The summed E-state index contributed by atoms with van der Waals surface area (Å²) in [6.45, 7) is 3.03. The molecule has 0 spiro atoms. The molecule has 96 valence electrons. The van der Waals surface area contributed by atoms with E-state index in [-0.39, 0.29) is 0 Å². The number of benzene rings is 1. The molecule has 0 aromatic heterocycles. The summed E-state index contributed by atoms with van der Waals surface area (Å²) in [5.74, 6) is 1.32. The minimum absolute atomic E-state index is 0.334. The SMILES string of the molecule is O=C1CCCN(Cc2cc(Cl)cc3c2OCC3)C1. The monoisotopic (exact) mass is 265 g/mol. The van der Waals surface area contributed by atoms with Gasteiger partial charge in [0.2, 0.25) is 0 Å². The smallest absolute Gasteiger partial charge is 0.146 e. The molecule has 2 heterocycles. The van der Waals surface area contributed by atoms with Crippen molar-refractivity contribution in [1.29, 1.82) is 0 Å². The third kappa shape index (κ3) is 2.38. The number of fused-ring (bicyclic) bond motifs is 1. The predicted octanol–water partition coefficient (Wildman–Crippen LogP) is 2.44. The summed E-state index contributed by atoms with van der Waals surface area (Å²) < 4.78 is 5.68. The van der Waals surface area contributed by atoms with Crippen LogP contribution in [0.4, 0.5) is 0 Å². The first-order valence-electron chi connectivity index (χ1n) is 6.40. The summed E-state index contributed by atoms with van der Waals surface area (Å²) >= 11 is 6.13. The molecule has 1 aromatic carbocycles. The van der Waals surface area contributed by atoms with Crippen molar-refractivity contribution < 1.29 is 9.53 Å². The molecular formula is C14H16ClNO2. The minimum atomic E-state index is 0.334. The van der Waals surface area contributed by atoms with E-state index < -0.39 is 0 Å². The minimum Gasteiger partial charge on any atom is -0.493 e. The quantitative estimate of drug-likeness (QED) is 0.823. The van der Waals surface area contributed by atoms with E-state index in [2.05, 4.69) is 4.90 Å². The van der Waals surface area contributed by atoms with Crippen LogP contribution in [0.5, 0.6) is 5.75 Å². The molecule has 18 heavy (non-hydrogen) atoms. The van der Waals surface area contributed by atoms with Gasteiger partial charge in [0.05, 0.1) is 13.2 Å². The zero-order valence-electron chi connectivity index (χ0n) is 10.2. The van der Waals surface area contributed by atoms with Crippen LogP contribution in [-0.4, -0.2) is 30.4 Å². The molecule has 3 nitrogen and oxygen atoms in total. The van der Waals surface area contributed by atoms with Crippen molar-refractivity contribution >= 4 is 17.4 Å². The van der Waals surface area contributed by atoms with Gasteiger partial charge in [0.25, 0.3) is 0 Å². The van der Waals surface area contributed by atoms with Crippen molar-refractivity contribution in [2.24, 2.45) is 0 Å². The van der Waals surface area contributed by atoms with Gasteiger partial charge in [0.15, 0.2) is 0 Å². The lowest BCUT2D eigenvalue weighted by Crippen LogP contribution is -2.35. The Labute approximate surface area is 112 Å². The summed E-state index contributed by atoms with van der Waals surface area (Å²) in [6.07, 6.45) is 2.62. The van der Waals surface area contributed by atoms with E-state index in [0.29, 0.717) is 12.3 Å². The standard InChI is InChI=1S/C14H16ClNO2/c15-12-6-10-3-5-18-14(10)11(7-12)8-16-4-1-2-13(17)9-16/h6-7H,1-5,8-9H2. The number of halogens is 1. The zero-order chi connectivity index (χ0) is 12.5. The molecule has 3 rings (SSSR count). The second-order valence-electron chi connectivity index (χ2n) is 5.00. The largest absolute Gasteiger partial charge is 0.493 e. The number of nitrogens with zero attached hydrogens (tertiary/aromatic N) is 1. The average Bonchev–Trinajstić information content (AvgIpc) is 2.77. The Morgan fingerprint density at radius 1 is 1.33 bits per heavy atom. The second-order valence-corrected chi connectivity index (χ2v) is 5.44. The van der Waals surface area contributed by atoms with Crippen LogP contribution in [0.15, 0.2) is 12.1 Å². The number of carbonyl (C=O) groups is 1. The Bertz CT molecular complexity index is 487. The van der Waals surface area contributed by atoms with Gasteiger partial charge in [-0.05, 0) is 30.7 Å². The second kappa shape index (κ2) is 4.90. The third-order valence-corrected chi connectivity index (χ3v) is 3.77. The fourth-order valence-electron chi connectivity index (χ4n) is 2.75. The van der Waals surface area contributed by atoms with Crippen LogP contribution >= 0.6 is 11.6 Å². The van der Waals surface area contributed by atoms with Gasteiger partial charge < -0.3 is 4.74 Å². The van der Waals surface area contributed by atoms with Crippen LogP contribution in [0.25, 0.3) is 0 Å². The van der Waals surface area contributed by atoms with E-state index >= 15 is 0 Å². The van der Waals surface area contributed by atoms with Gasteiger partial charge in [0, 0.05) is 30.0 Å². The lowest BCUT2D eigenvalue weighted by Gasteiger charge is -2.26. The number of carbonyl (C=O) groups excluding carboxylic acids is 1. The van der Waals surface area contributed by atoms with Crippen molar-refractivity contribution in [3.63, 3.8) is 0 Å². The molecule has 1 fully saturated rings. The zero-order valence-corrected chi connectivity index (χ0v) is 11.0. The Hall–Kier alpha value is -1.06. The van der Waals surface area contributed by atoms with E-state index in [1.165, 1.54) is 5.56 Å². The lowest BCUT2D eigenvalue weighted by molar-refractivity contribution is -0.122. The number of rotatable bonds is 2. The van der Waals surface area contributed by atoms with E-state index in [4.69, 9.17) is 16.3 Å². The van der Waals surface area contributed by atoms with Crippen molar-refractivity contribution in [2.45, 2.75) is 25.8 Å². The topological polar surface area (TPSA) is 29.5 Å². The van der Waals surface area contributed by atoms with E-state index in [1.807, 2.05) is 12.1 Å². The van der Waals surface area contributed by atoms with Crippen molar-refractivity contribution in [3.8, 4) is 5.75 Å². The number of hydrogen-bond acceptors (Lipinski definition) is 3. The van der Waals surface area contributed by atoms with Gasteiger partial charge in [-0.3, -0.25) is 9.69 Å². The number of hydrogen-bond donors (Lipinski definition) is 0. The molecule has 1 aromatic rings. The third-order valence-electron chi connectivity index (χ3n) is 3.55. The molecule has 0 amide bonds. The summed E-state index contributed by atoms with van der Waals surface area (Å²) in [5.41, 5.74) is 2.31. The average molecular weight is 266 g/mol. The highest BCUT2D eigenvalue weighted by Gasteiger charge is 2.22. The molecule has 0 atom stereocenters. The highest BCUT2D eigenvalue weighted by molar-refractivity contribution is 6.30. The number of ether oxygens (including phenoxy) is 1. The van der Waals surface area contributed by atoms with Crippen LogP contribution in [0.3, 0.4) is 0 Å². The van der Waals surface area contributed by atoms with E-state index in [9.17, 15) is 4.79 Å². The first-order chi connectivity index (χ1) is 8.72. The van der Waals surface area contributed by atoms with E-state index in [1.54, 1.807) is 0 Å². The van der Waals surface area contributed by atoms with E-state index in [0.717, 1.165) is 55.3 Å².